The minimum absolute atomic E-state index is 0.0858. The Morgan fingerprint density at radius 3 is 2.67 bits per heavy atom. The van der Waals surface area contributed by atoms with Gasteiger partial charge in [0.1, 0.15) is 6.10 Å². The molecule has 0 fully saturated rings. The zero-order valence-corrected chi connectivity index (χ0v) is 11.8. The van der Waals surface area contributed by atoms with E-state index in [0.29, 0.717) is 6.42 Å². The summed E-state index contributed by atoms with van der Waals surface area (Å²) >= 11 is 0. The van der Waals surface area contributed by atoms with Crippen molar-refractivity contribution < 1.29 is 19.1 Å². The number of benzene rings is 1. The van der Waals surface area contributed by atoms with Crippen LogP contribution in [0.5, 0.6) is 0 Å². The van der Waals surface area contributed by atoms with Gasteiger partial charge in [0.05, 0.1) is 6.54 Å². The number of hydrogen-bond donors (Lipinski definition) is 0. The molecule has 5 heteroatoms. The summed E-state index contributed by atoms with van der Waals surface area (Å²) in [6.07, 6.45) is 3.05. The lowest BCUT2D eigenvalue weighted by Crippen LogP contribution is -2.44. The van der Waals surface area contributed by atoms with Gasteiger partial charge in [0, 0.05) is 19.4 Å². The van der Waals surface area contributed by atoms with Gasteiger partial charge in [0.15, 0.2) is 0 Å². The first-order valence-corrected chi connectivity index (χ1v) is 6.80. The second-order valence-electron chi connectivity index (χ2n) is 4.84. The molecule has 1 unspecified atom stereocenters. The Labute approximate surface area is 123 Å². The van der Waals surface area contributed by atoms with Gasteiger partial charge in [-0.05, 0) is 18.1 Å². The fourth-order valence-electron chi connectivity index (χ4n) is 2.16. The van der Waals surface area contributed by atoms with Crippen LogP contribution in [0.4, 0.5) is 0 Å². The maximum absolute atomic E-state index is 12.1. The maximum atomic E-state index is 12.1. The molecule has 2 amide bonds. The highest BCUT2D eigenvalue weighted by Crippen LogP contribution is 2.11. The van der Waals surface area contributed by atoms with Gasteiger partial charge in [-0.2, -0.15) is 0 Å². The molecule has 2 rings (SSSR count). The van der Waals surface area contributed by atoms with Crippen molar-refractivity contribution in [2.24, 2.45) is 0 Å². The number of rotatable bonds is 4. The van der Waals surface area contributed by atoms with E-state index in [9.17, 15) is 14.4 Å². The maximum Gasteiger partial charge on any atom is 0.303 e. The van der Waals surface area contributed by atoms with E-state index in [2.05, 4.69) is 0 Å². The van der Waals surface area contributed by atoms with Crippen molar-refractivity contribution >= 4 is 17.8 Å². The summed E-state index contributed by atoms with van der Waals surface area (Å²) in [4.78, 5) is 36.0. The number of carbonyl (C=O) groups is 3. The number of hydrogen-bond acceptors (Lipinski definition) is 4. The molecule has 0 spiro atoms. The smallest absolute Gasteiger partial charge is 0.303 e. The zero-order valence-electron chi connectivity index (χ0n) is 11.8. The molecule has 1 aromatic carbocycles. The normalized spacial score (nSPS) is 17.7. The summed E-state index contributed by atoms with van der Waals surface area (Å²) in [7, 11) is 0. The monoisotopic (exact) mass is 287 g/mol. The molecule has 1 atom stereocenters. The molecule has 0 saturated heterocycles. The lowest BCUT2D eigenvalue weighted by Gasteiger charge is -2.26. The highest BCUT2D eigenvalue weighted by Gasteiger charge is 2.27. The Kier molecular flexibility index (Phi) is 4.87. The van der Waals surface area contributed by atoms with Crippen molar-refractivity contribution in [3.63, 3.8) is 0 Å². The third-order valence-corrected chi connectivity index (χ3v) is 3.17. The lowest BCUT2D eigenvalue weighted by atomic mass is 10.1. The van der Waals surface area contributed by atoms with Crippen LogP contribution in [-0.4, -0.2) is 35.3 Å². The van der Waals surface area contributed by atoms with Crippen LogP contribution < -0.4 is 0 Å². The van der Waals surface area contributed by atoms with Crippen LogP contribution in [0.3, 0.4) is 0 Å². The number of imide groups is 1. The molecule has 0 aromatic heterocycles. The third kappa shape index (κ3) is 4.27. The fraction of sp³-hybridized carbons (Fsp3) is 0.312. The molecule has 110 valence electrons. The predicted molar refractivity (Wildman–Crippen MR) is 76.2 cm³/mol. The Bertz CT molecular complexity index is 565. The van der Waals surface area contributed by atoms with Crippen LogP contribution in [0.2, 0.25) is 0 Å². The van der Waals surface area contributed by atoms with Gasteiger partial charge in [-0.1, -0.05) is 30.3 Å². The molecule has 0 saturated carbocycles. The molecule has 0 bridgehead atoms. The second-order valence-corrected chi connectivity index (χ2v) is 4.84. The van der Waals surface area contributed by atoms with Crippen molar-refractivity contribution in [1.82, 2.24) is 4.90 Å². The Hall–Kier alpha value is -2.43. The Morgan fingerprint density at radius 2 is 2.00 bits per heavy atom. The van der Waals surface area contributed by atoms with Crippen LogP contribution in [0.15, 0.2) is 42.5 Å². The average molecular weight is 287 g/mol. The van der Waals surface area contributed by atoms with Crippen LogP contribution >= 0.6 is 0 Å². The minimum Gasteiger partial charge on any atom is -0.456 e. The Morgan fingerprint density at radius 1 is 1.29 bits per heavy atom. The van der Waals surface area contributed by atoms with E-state index in [1.165, 1.54) is 19.1 Å². The summed E-state index contributed by atoms with van der Waals surface area (Å²) < 4.78 is 5.01. The molecule has 0 aliphatic carbocycles. The van der Waals surface area contributed by atoms with E-state index in [-0.39, 0.29) is 24.8 Å². The van der Waals surface area contributed by atoms with Crippen molar-refractivity contribution in [3.05, 3.63) is 48.0 Å². The largest absolute Gasteiger partial charge is 0.456 e. The summed E-state index contributed by atoms with van der Waals surface area (Å²) in [5.41, 5.74) is 1.04. The predicted octanol–water partition coefficient (Wildman–Crippen LogP) is 1.48. The topological polar surface area (TPSA) is 63.7 Å². The van der Waals surface area contributed by atoms with Gasteiger partial charge in [0.2, 0.25) is 5.91 Å². The molecular formula is C16H17NO4. The number of nitrogens with zero attached hydrogens (tertiary/aromatic N) is 1. The average Bonchev–Trinajstić information content (AvgIpc) is 2.47. The van der Waals surface area contributed by atoms with E-state index >= 15 is 0 Å². The number of aryl methyl sites for hydroxylation is 1. The van der Waals surface area contributed by atoms with Crippen LogP contribution in [0, 0.1) is 0 Å². The summed E-state index contributed by atoms with van der Waals surface area (Å²) in [6.45, 7) is 1.38. The molecule has 5 nitrogen and oxygen atoms in total. The molecule has 1 aromatic rings. The molecule has 1 aliphatic rings. The van der Waals surface area contributed by atoms with Gasteiger partial charge < -0.3 is 4.74 Å². The van der Waals surface area contributed by atoms with Crippen molar-refractivity contribution in [1.29, 1.82) is 0 Å². The highest BCUT2D eigenvalue weighted by molar-refractivity contribution is 6.01. The van der Waals surface area contributed by atoms with Crippen molar-refractivity contribution in [3.8, 4) is 0 Å². The molecule has 1 aliphatic heterocycles. The first-order valence-electron chi connectivity index (χ1n) is 6.80. The second kappa shape index (κ2) is 6.83. The zero-order chi connectivity index (χ0) is 15.2. The highest BCUT2D eigenvalue weighted by atomic mass is 16.5. The SMILES string of the molecule is CC(=O)OC1C=CC(=O)N(C(=O)CCc2ccccc2)C1. The first kappa shape index (κ1) is 15.0. The summed E-state index contributed by atoms with van der Waals surface area (Å²) in [5, 5.41) is 0. The van der Waals surface area contributed by atoms with E-state index in [0.717, 1.165) is 10.5 Å². The number of carbonyl (C=O) groups excluding carboxylic acids is 3. The standard InChI is InChI=1S/C16H17NO4/c1-12(18)21-14-8-10-16(20)17(11-14)15(19)9-7-13-5-3-2-4-6-13/h2-6,8,10,14H,7,9,11H2,1H3. The van der Waals surface area contributed by atoms with E-state index in [1.807, 2.05) is 30.3 Å². The number of esters is 1. The summed E-state index contributed by atoms with van der Waals surface area (Å²) in [6, 6.07) is 9.60. The van der Waals surface area contributed by atoms with E-state index in [1.54, 1.807) is 0 Å². The van der Waals surface area contributed by atoms with Crippen LogP contribution in [0.1, 0.15) is 18.9 Å². The number of ether oxygens (including phenoxy) is 1. The molecular weight excluding hydrogens is 270 g/mol. The fourth-order valence-corrected chi connectivity index (χ4v) is 2.16. The summed E-state index contributed by atoms with van der Waals surface area (Å²) in [5.74, 6) is -1.06. The quantitative estimate of drug-likeness (QED) is 0.787. The van der Waals surface area contributed by atoms with Gasteiger partial charge >= 0.3 is 5.97 Å². The molecule has 0 N–H and O–H groups in total. The minimum atomic E-state index is -0.555. The van der Waals surface area contributed by atoms with Crippen LogP contribution in [-0.2, 0) is 25.5 Å². The van der Waals surface area contributed by atoms with Crippen molar-refractivity contribution in [2.45, 2.75) is 25.9 Å². The molecule has 1 heterocycles. The third-order valence-electron chi connectivity index (χ3n) is 3.17. The van der Waals surface area contributed by atoms with Gasteiger partial charge in [-0.3, -0.25) is 19.3 Å². The van der Waals surface area contributed by atoms with E-state index < -0.39 is 12.1 Å². The first-order chi connectivity index (χ1) is 10.1. The van der Waals surface area contributed by atoms with Gasteiger partial charge in [-0.25, -0.2) is 0 Å². The Balaban J connectivity index is 1.93. The number of amides is 2. The van der Waals surface area contributed by atoms with Gasteiger partial charge in [0.25, 0.3) is 5.91 Å². The van der Waals surface area contributed by atoms with Crippen LogP contribution in [0.25, 0.3) is 0 Å². The van der Waals surface area contributed by atoms with Gasteiger partial charge in [-0.15, -0.1) is 0 Å². The van der Waals surface area contributed by atoms with E-state index in [4.69, 9.17) is 4.74 Å². The molecule has 21 heavy (non-hydrogen) atoms. The van der Waals surface area contributed by atoms with Crippen molar-refractivity contribution in [2.75, 3.05) is 6.54 Å². The molecule has 0 radical (unpaired) electrons. The lowest BCUT2D eigenvalue weighted by molar-refractivity contribution is -0.152.